The summed E-state index contributed by atoms with van der Waals surface area (Å²) in [5.74, 6) is 0. The van der Waals surface area contributed by atoms with Crippen molar-refractivity contribution < 1.29 is 10.2 Å². The van der Waals surface area contributed by atoms with Gasteiger partial charge in [-0.05, 0) is 29.3 Å². The van der Waals surface area contributed by atoms with Crippen molar-refractivity contribution in [3.05, 3.63) is 22.4 Å². The lowest BCUT2D eigenvalue weighted by Gasteiger charge is -2.11. The summed E-state index contributed by atoms with van der Waals surface area (Å²) in [7, 11) is 0. The number of nitrogens with one attached hydrogen (secondary N) is 1. The maximum Gasteiger partial charge on any atom is 0.0922 e. The molecule has 3 N–H and O–H groups in total. The molecule has 0 bridgehead atoms. The fraction of sp³-hybridized carbons (Fsp3) is 0.556. The smallest absolute Gasteiger partial charge is 0.0922 e. The van der Waals surface area contributed by atoms with Crippen molar-refractivity contribution in [3.8, 4) is 0 Å². The van der Waals surface area contributed by atoms with Crippen LogP contribution in [0.1, 0.15) is 18.6 Å². The van der Waals surface area contributed by atoms with E-state index in [9.17, 15) is 5.11 Å². The van der Waals surface area contributed by atoms with E-state index in [1.54, 1.807) is 18.3 Å². The molecular weight excluding hydrogens is 186 g/mol. The Morgan fingerprint density at radius 3 is 2.77 bits per heavy atom. The van der Waals surface area contributed by atoms with Crippen LogP contribution in [-0.4, -0.2) is 29.4 Å². The molecule has 0 aliphatic heterocycles. The van der Waals surface area contributed by atoms with Gasteiger partial charge < -0.3 is 15.5 Å². The van der Waals surface area contributed by atoms with E-state index in [4.69, 9.17) is 5.11 Å². The quantitative estimate of drug-likeness (QED) is 0.659. The number of aliphatic hydroxyl groups is 2. The Bertz CT molecular complexity index is 224. The number of rotatable bonds is 5. The number of aliphatic hydroxyl groups excluding tert-OH is 2. The Morgan fingerprint density at radius 2 is 2.23 bits per heavy atom. The Balaban J connectivity index is 2.22. The van der Waals surface area contributed by atoms with Crippen molar-refractivity contribution in [2.24, 2.45) is 0 Å². The summed E-state index contributed by atoms with van der Waals surface area (Å²) in [6, 6.07) is 1.90. The molecule has 1 rings (SSSR count). The van der Waals surface area contributed by atoms with Gasteiger partial charge in [0, 0.05) is 13.1 Å². The predicted molar refractivity (Wildman–Crippen MR) is 53.8 cm³/mol. The van der Waals surface area contributed by atoms with E-state index >= 15 is 0 Å². The minimum Gasteiger partial charge on any atom is -0.392 e. The van der Waals surface area contributed by atoms with Crippen molar-refractivity contribution in [2.75, 3.05) is 13.1 Å². The van der Waals surface area contributed by atoms with Gasteiger partial charge in [0.05, 0.1) is 12.2 Å². The highest BCUT2D eigenvalue weighted by Crippen LogP contribution is 2.14. The van der Waals surface area contributed by atoms with Crippen molar-refractivity contribution >= 4 is 11.3 Å². The molecule has 0 fully saturated rings. The van der Waals surface area contributed by atoms with Crippen molar-refractivity contribution in [1.82, 2.24) is 5.32 Å². The van der Waals surface area contributed by atoms with Gasteiger partial charge in [-0.25, -0.2) is 0 Å². The van der Waals surface area contributed by atoms with Crippen LogP contribution in [0.25, 0.3) is 0 Å². The average molecular weight is 201 g/mol. The van der Waals surface area contributed by atoms with Gasteiger partial charge in [0.15, 0.2) is 0 Å². The van der Waals surface area contributed by atoms with Crippen molar-refractivity contribution in [3.63, 3.8) is 0 Å². The van der Waals surface area contributed by atoms with Gasteiger partial charge in [-0.2, -0.15) is 11.3 Å². The van der Waals surface area contributed by atoms with E-state index in [2.05, 4.69) is 5.32 Å². The summed E-state index contributed by atoms with van der Waals surface area (Å²) in [6.07, 6.45) is -0.834. The van der Waals surface area contributed by atoms with Crippen LogP contribution in [0.15, 0.2) is 16.8 Å². The second-order valence-corrected chi connectivity index (χ2v) is 3.86. The van der Waals surface area contributed by atoms with Gasteiger partial charge in [-0.15, -0.1) is 0 Å². The third kappa shape index (κ3) is 3.87. The second-order valence-electron chi connectivity index (χ2n) is 3.08. The van der Waals surface area contributed by atoms with Crippen molar-refractivity contribution in [1.29, 1.82) is 0 Å². The molecule has 0 aliphatic rings. The van der Waals surface area contributed by atoms with Crippen LogP contribution >= 0.6 is 11.3 Å². The molecule has 2 atom stereocenters. The molecule has 0 saturated carbocycles. The Labute approximate surface area is 82.0 Å². The fourth-order valence-electron chi connectivity index (χ4n) is 1.01. The lowest BCUT2D eigenvalue weighted by Crippen LogP contribution is -2.28. The molecule has 3 nitrogen and oxygen atoms in total. The van der Waals surface area contributed by atoms with E-state index in [0.717, 1.165) is 5.56 Å². The molecule has 4 heteroatoms. The molecule has 74 valence electrons. The van der Waals surface area contributed by atoms with Gasteiger partial charge in [0.25, 0.3) is 0 Å². The highest BCUT2D eigenvalue weighted by atomic mass is 32.1. The molecule has 1 heterocycles. The molecule has 0 spiro atoms. The van der Waals surface area contributed by atoms with E-state index in [-0.39, 0.29) is 6.10 Å². The Kier molecular flexibility index (Phi) is 4.38. The first-order valence-electron chi connectivity index (χ1n) is 4.29. The first kappa shape index (κ1) is 10.7. The molecule has 13 heavy (non-hydrogen) atoms. The third-order valence-corrected chi connectivity index (χ3v) is 2.41. The summed E-state index contributed by atoms with van der Waals surface area (Å²) in [4.78, 5) is 0. The van der Waals surface area contributed by atoms with Gasteiger partial charge in [0.1, 0.15) is 0 Å². The van der Waals surface area contributed by atoms with Crippen LogP contribution in [0.3, 0.4) is 0 Å². The first-order chi connectivity index (χ1) is 6.20. The van der Waals surface area contributed by atoms with Crippen LogP contribution in [0, 0.1) is 0 Å². The molecule has 0 saturated heterocycles. The van der Waals surface area contributed by atoms with Gasteiger partial charge in [-0.1, -0.05) is 0 Å². The molecule has 1 aromatic heterocycles. The molecular formula is C9H15NO2S. The third-order valence-electron chi connectivity index (χ3n) is 1.71. The van der Waals surface area contributed by atoms with Crippen LogP contribution < -0.4 is 5.32 Å². The van der Waals surface area contributed by atoms with Crippen LogP contribution in [0.2, 0.25) is 0 Å². The molecule has 0 aliphatic carbocycles. The monoisotopic (exact) mass is 201 g/mol. The standard InChI is InChI=1S/C9H15NO2S/c1-7(11)4-10-5-9(12)8-2-3-13-6-8/h2-3,6-7,9-12H,4-5H2,1H3/t7-,9?/m1/s1. The zero-order valence-electron chi connectivity index (χ0n) is 7.60. The van der Waals surface area contributed by atoms with Crippen LogP contribution in [0.5, 0.6) is 0 Å². The van der Waals surface area contributed by atoms with E-state index < -0.39 is 6.10 Å². The normalized spacial score (nSPS) is 15.6. The maximum absolute atomic E-state index is 9.58. The van der Waals surface area contributed by atoms with E-state index in [0.29, 0.717) is 13.1 Å². The van der Waals surface area contributed by atoms with Crippen LogP contribution in [-0.2, 0) is 0 Å². The summed E-state index contributed by atoms with van der Waals surface area (Å²) in [5.41, 5.74) is 0.933. The topological polar surface area (TPSA) is 52.5 Å². The van der Waals surface area contributed by atoms with E-state index in [1.165, 1.54) is 0 Å². The average Bonchev–Trinajstić information content (AvgIpc) is 2.55. The Morgan fingerprint density at radius 1 is 1.46 bits per heavy atom. The fourth-order valence-corrected chi connectivity index (χ4v) is 1.72. The highest BCUT2D eigenvalue weighted by molar-refractivity contribution is 7.07. The summed E-state index contributed by atoms with van der Waals surface area (Å²) < 4.78 is 0. The Hall–Kier alpha value is -0.420. The zero-order valence-corrected chi connectivity index (χ0v) is 8.42. The molecule has 0 radical (unpaired) electrons. The molecule has 1 unspecified atom stereocenters. The van der Waals surface area contributed by atoms with Gasteiger partial charge in [0.2, 0.25) is 0 Å². The maximum atomic E-state index is 9.58. The minimum atomic E-state index is -0.468. The van der Waals surface area contributed by atoms with Crippen molar-refractivity contribution in [2.45, 2.75) is 19.1 Å². The minimum absolute atomic E-state index is 0.366. The molecule has 1 aromatic rings. The number of hydrogen-bond donors (Lipinski definition) is 3. The SMILES string of the molecule is C[C@@H](O)CNCC(O)c1ccsc1. The first-order valence-corrected chi connectivity index (χ1v) is 5.23. The summed E-state index contributed by atoms with van der Waals surface area (Å²) in [5, 5.41) is 25.4. The highest BCUT2D eigenvalue weighted by Gasteiger charge is 2.06. The van der Waals surface area contributed by atoms with Gasteiger partial charge in [-0.3, -0.25) is 0 Å². The van der Waals surface area contributed by atoms with Crippen LogP contribution in [0.4, 0.5) is 0 Å². The molecule has 0 aromatic carbocycles. The molecule has 0 amide bonds. The summed E-state index contributed by atoms with van der Waals surface area (Å²) >= 11 is 1.57. The van der Waals surface area contributed by atoms with Gasteiger partial charge >= 0.3 is 0 Å². The lowest BCUT2D eigenvalue weighted by molar-refractivity contribution is 0.155. The summed E-state index contributed by atoms with van der Waals surface area (Å²) in [6.45, 7) is 2.72. The zero-order chi connectivity index (χ0) is 9.68. The predicted octanol–water partition coefficient (Wildman–Crippen LogP) is 0.752. The number of thiophene rings is 1. The largest absolute Gasteiger partial charge is 0.392 e. The second kappa shape index (κ2) is 5.34. The van der Waals surface area contributed by atoms with E-state index in [1.807, 2.05) is 16.8 Å². The number of hydrogen-bond acceptors (Lipinski definition) is 4. The lowest BCUT2D eigenvalue weighted by atomic mass is 10.2.